The van der Waals surface area contributed by atoms with Crippen LogP contribution in [0.5, 0.6) is 0 Å². The Bertz CT molecular complexity index is 398. The number of benzene rings is 1. The second-order valence-electron chi connectivity index (χ2n) is 3.92. The van der Waals surface area contributed by atoms with Crippen molar-refractivity contribution >= 4 is 17.6 Å². The molecule has 0 aliphatic carbocycles. The van der Waals surface area contributed by atoms with Gasteiger partial charge in [0.25, 0.3) is 0 Å². The maximum Gasteiger partial charge on any atom is 0.306 e. The van der Waals surface area contributed by atoms with Crippen molar-refractivity contribution < 1.29 is 14.3 Å². The Hall–Kier alpha value is -1.13. The lowest BCUT2D eigenvalue weighted by atomic mass is 9.95. The third-order valence-electron chi connectivity index (χ3n) is 2.57. The van der Waals surface area contributed by atoms with Crippen LogP contribution < -0.4 is 5.73 Å². The molecule has 5 heteroatoms. The van der Waals surface area contributed by atoms with Crippen LogP contribution in [-0.4, -0.2) is 17.6 Å². The molecular formula is C12H15ClFNO2. The molecule has 0 saturated heterocycles. The van der Waals surface area contributed by atoms with Gasteiger partial charge in [0.2, 0.25) is 0 Å². The minimum atomic E-state index is -0.862. The molecular weight excluding hydrogens is 245 g/mol. The van der Waals surface area contributed by atoms with Crippen LogP contribution in [0.3, 0.4) is 0 Å². The number of hydrogen-bond donors (Lipinski definition) is 2. The summed E-state index contributed by atoms with van der Waals surface area (Å²) in [5.41, 5.74) is 6.07. The van der Waals surface area contributed by atoms with E-state index in [1.807, 2.05) is 0 Å². The molecule has 1 rings (SSSR count). The topological polar surface area (TPSA) is 63.3 Å². The summed E-state index contributed by atoms with van der Waals surface area (Å²) in [6.07, 6.45) is 1.52. The zero-order valence-corrected chi connectivity index (χ0v) is 10.1. The van der Waals surface area contributed by atoms with Gasteiger partial charge in [0.05, 0.1) is 10.9 Å². The predicted molar refractivity (Wildman–Crippen MR) is 64.5 cm³/mol. The number of carboxylic acids is 1. The molecule has 94 valence electrons. The number of carbonyl (C=O) groups is 1. The molecule has 3 N–H and O–H groups in total. The van der Waals surface area contributed by atoms with E-state index < -0.39 is 17.7 Å². The highest BCUT2D eigenvalue weighted by atomic mass is 35.5. The molecule has 0 spiro atoms. The molecule has 0 fully saturated rings. The first-order valence-electron chi connectivity index (χ1n) is 5.41. The van der Waals surface area contributed by atoms with Crippen molar-refractivity contribution in [2.24, 2.45) is 11.7 Å². The molecule has 1 aromatic carbocycles. The summed E-state index contributed by atoms with van der Waals surface area (Å²) >= 11 is 5.64. The van der Waals surface area contributed by atoms with Crippen molar-refractivity contribution in [2.75, 3.05) is 6.54 Å². The Kier molecular flexibility index (Phi) is 5.38. The first-order valence-corrected chi connectivity index (χ1v) is 5.79. The molecule has 1 atom stereocenters. The van der Waals surface area contributed by atoms with Crippen LogP contribution in [0.2, 0.25) is 5.02 Å². The van der Waals surface area contributed by atoms with Crippen LogP contribution in [0, 0.1) is 11.7 Å². The highest BCUT2D eigenvalue weighted by Crippen LogP contribution is 2.20. The van der Waals surface area contributed by atoms with Crippen LogP contribution in [-0.2, 0) is 11.2 Å². The summed E-state index contributed by atoms with van der Waals surface area (Å²) < 4.78 is 12.9. The Morgan fingerprint density at radius 2 is 2.24 bits per heavy atom. The quantitative estimate of drug-likeness (QED) is 0.825. The monoisotopic (exact) mass is 259 g/mol. The predicted octanol–water partition coefficient (Wildman–Crippen LogP) is 2.46. The average molecular weight is 260 g/mol. The lowest BCUT2D eigenvalue weighted by Crippen LogP contribution is -2.18. The SMILES string of the molecule is NCCCC(Cc1ccc(F)c(Cl)c1)C(=O)O. The lowest BCUT2D eigenvalue weighted by Gasteiger charge is -2.12. The molecule has 0 bridgehead atoms. The fourth-order valence-corrected chi connectivity index (χ4v) is 1.83. The summed E-state index contributed by atoms with van der Waals surface area (Å²) in [5.74, 6) is -1.86. The normalized spacial score (nSPS) is 12.4. The fraction of sp³-hybridized carbons (Fsp3) is 0.417. The maximum atomic E-state index is 12.9. The third-order valence-corrected chi connectivity index (χ3v) is 2.86. The van der Waals surface area contributed by atoms with E-state index in [4.69, 9.17) is 22.4 Å². The largest absolute Gasteiger partial charge is 0.481 e. The molecule has 0 amide bonds. The molecule has 0 heterocycles. The number of rotatable bonds is 6. The van der Waals surface area contributed by atoms with Gasteiger partial charge in [-0.3, -0.25) is 4.79 Å². The van der Waals surface area contributed by atoms with Crippen molar-refractivity contribution in [1.29, 1.82) is 0 Å². The van der Waals surface area contributed by atoms with E-state index in [9.17, 15) is 9.18 Å². The molecule has 0 aromatic heterocycles. The van der Waals surface area contributed by atoms with Crippen LogP contribution in [0.25, 0.3) is 0 Å². The van der Waals surface area contributed by atoms with Crippen molar-refractivity contribution in [3.8, 4) is 0 Å². The van der Waals surface area contributed by atoms with Crippen LogP contribution in [0.1, 0.15) is 18.4 Å². The molecule has 0 radical (unpaired) electrons. The Labute approximate surface area is 104 Å². The van der Waals surface area contributed by atoms with E-state index in [0.717, 1.165) is 5.56 Å². The first-order chi connectivity index (χ1) is 8.04. The first kappa shape index (κ1) is 13.9. The summed E-state index contributed by atoms with van der Waals surface area (Å²) in [4.78, 5) is 11.0. The minimum Gasteiger partial charge on any atom is -0.481 e. The summed E-state index contributed by atoms with van der Waals surface area (Å²) in [7, 11) is 0. The molecule has 17 heavy (non-hydrogen) atoms. The molecule has 0 aliphatic rings. The summed E-state index contributed by atoms with van der Waals surface area (Å²) in [6, 6.07) is 4.27. The van der Waals surface area contributed by atoms with Gasteiger partial charge in [0, 0.05) is 0 Å². The highest BCUT2D eigenvalue weighted by molar-refractivity contribution is 6.30. The molecule has 1 aromatic rings. The van der Waals surface area contributed by atoms with Gasteiger partial charge in [0.1, 0.15) is 5.82 Å². The van der Waals surface area contributed by atoms with Gasteiger partial charge < -0.3 is 10.8 Å². The van der Waals surface area contributed by atoms with Crippen molar-refractivity contribution in [3.63, 3.8) is 0 Å². The second kappa shape index (κ2) is 6.57. The molecule has 1 unspecified atom stereocenters. The van der Waals surface area contributed by atoms with Gasteiger partial charge >= 0.3 is 5.97 Å². The van der Waals surface area contributed by atoms with Gasteiger partial charge in [-0.2, -0.15) is 0 Å². The zero-order chi connectivity index (χ0) is 12.8. The maximum absolute atomic E-state index is 12.9. The van der Waals surface area contributed by atoms with E-state index in [1.165, 1.54) is 12.1 Å². The van der Waals surface area contributed by atoms with Gasteiger partial charge in [-0.1, -0.05) is 17.7 Å². The standard InChI is InChI=1S/C12H15ClFNO2/c13-10-7-8(3-4-11(10)14)6-9(12(16)17)2-1-5-15/h3-4,7,9H,1-2,5-6,15H2,(H,16,17). The highest BCUT2D eigenvalue weighted by Gasteiger charge is 2.17. The summed E-state index contributed by atoms with van der Waals surface area (Å²) in [5, 5.41) is 9.06. The minimum absolute atomic E-state index is 0.0189. The molecule has 0 aliphatic heterocycles. The number of aliphatic carboxylic acids is 1. The Balaban J connectivity index is 2.71. The van der Waals surface area contributed by atoms with Gasteiger partial charge in [0.15, 0.2) is 0 Å². The Morgan fingerprint density at radius 1 is 1.53 bits per heavy atom. The van der Waals surface area contributed by atoms with Crippen LogP contribution >= 0.6 is 11.6 Å². The van der Waals surface area contributed by atoms with Gasteiger partial charge in [-0.15, -0.1) is 0 Å². The second-order valence-corrected chi connectivity index (χ2v) is 4.33. The van der Waals surface area contributed by atoms with E-state index in [1.54, 1.807) is 6.07 Å². The molecule has 3 nitrogen and oxygen atoms in total. The average Bonchev–Trinajstić information content (AvgIpc) is 2.28. The smallest absolute Gasteiger partial charge is 0.306 e. The lowest BCUT2D eigenvalue weighted by molar-refractivity contribution is -0.141. The number of carboxylic acid groups (broad SMARTS) is 1. The molecule has 0 saturated carbocycles. The van der Waals surface area contributed by atoms with Crippen molar-refractivity contribution in [1.82, 2.24) is 0 Å². The van der Waals surface area contributed by atoms with Crippen molar-refractivity contribution in [3.05, 3.63) is 34.6 Å². The zero-order valence-electron chi connectivity index (χ0n) is 9.33. The van der Waals surface area contributed by atoms with Crippen LogP contribution in [0.15, 0.2) is 18.2 Å². The van der Waals surface area contributed by atoms with E-state index in [-0.39, 0.29) is 5.02 Å². The number of hydrogen-bond acceptors (Lipinski definition) is 2. The third kappa shape index (κ3) is 4.32. The Morgan fingerprint density at radius 3 is 2.76 bits per heavy atom. The van der Waals surface area contributed by atoms with Gasteiger partial charge in [-0.05, 0) is 43.5 Å². The van der Waals surface area contributed by atoms with E-state index in [2.05, 4.69) is 0 Å². The van der Waals surface area contributed by atoms with Crippen molar-refractivity contribution in [2.45, 2.75) is 19.3 Å². The number of nitrogens with two attached hydrogens (primary N) is 1. The van der Waals surface area contributed by atoms with Gasteiger partial charge in [-0.25, -0.2) is 4.39 Å². The number of halogens is 2. The van der Waals surface area contributed by atoms with E-state index >= 15 is 0 Å². The van der Waals surface area contributed by atoms with E-state index in [0.29, 0.717) is 25.8 Å². The summed E-state index contributed by atoms with van der Waals surface area (Å²) in [6.45, 7) is 0.466. The van der Waals surface area contributed by atoms with Crippen LogP contribution in [0.4, 0.5) is 4.39 Å². The fourth-order valence-electron chi connectivity index (χ4n) is 1.63.